The number of hydrogen-bond donors (Lipinski definition) is 0. The SMILES string of the molecule is Cc1c(Cl)cccc1-n1ccn2c(SCc3ccccc3F)nnc2c1=O. The van der Waals surface area contributed by atoms with E-state index in [1.165, 1.54) is 22.4 Å². The van der Waals surface area contributed by atoms with Crippen LogP contribution in [0, 0.1) is 12.7 Å². The van der Waals surface area contributed by atoms with Crippen molar-refractivity contribution in [3.63, 3.8) is 0 Å². The highest BCUT2D eigenvalue weighted by atomic mass is 35.5. The summed E-state index contributed by atoms with van der Waals surface area (Å²) < 4.78 is 16.9. The molecule has 0 unspecified atom stereocenters. The molecule has 5 nitrogen and oxygen atoms in total. The lowest BCUT2D eigenvalue weighted by molar-refractivity contribution is 0.617. The average Bonchev–Trinajstić information content (AvgIpc) is 3.08. The third kappa shape index (κ3) is 3.24. The number of nitrogens with zero attached hydrogens (tertiary/aromatic N) is 4. The van der Waals surface area contributed by atoms with Gasteiger partial charge in [0.25, 0.3) is 0 Å². The molecule has 27 heavy (non-hydrogen) atoms. The van der Waals surface area contributed by atoms with Crippen LogP contribution < -0.4 is 5.56 Å². The molecule has 0 aliphatic heterocycles. The molecule has 0 N–H and O–H groups in total. The Morgan fingerprint density at radius 1 is 1.11 bits per heavy atom. The van der Waals surface area contributed by atoms with E-state index in [1.807, 2.05) is 13.0 Å². The first-order chi connectivity index (χ1) is 13.1. The molecular weight excluding hydrogens is 387 g/mol. The van der Waals surface area contributed by atoms with E-state index in [2.05, 4.69) is 10.2 Å². The van der Waals surface area contributed by atoms with Crippen molar-refractivity contribution in [1.82, 2.24) is 19.2 Å². The van der Waals surface area contributed by atoms with Gasteiger partial charge in [0.2, 0.25) is 5.65 Å². The highest BCUT2D eigenvalue weighted by molar-refractivity contribution is 7.98. The van der Waals surface area contributed by atoms with Gasteiger partial charge in [0.1, 0.15) is 5.82 Å². The first-order valence-electron chi connectivity index (χ1n) is 8.14. The van der Waals surface area contributed by atoms with E-state index in [9.17, 15) is 9.18 Å². The van der Waals surface area contributed by atoms with Gasteiger partial charge < -0.3 is 0 Å². The number of halogens is 2. The van der Waals surface area contributed by atoms with E-state index in [1.54, 1.807) is 47.1 Å². The van der Waals surface area contributed by atoms with E-state index < -0.39 is 0 Å². The number of hydrogen-bond acceptors (Lipinski definition) is 4. The zero-order valence-electron chi connectivity index (χ0n) is 14.3. The minimum atomic E-state index is -0.298. The van der Waals surface area contributed by atoms with Gasteiger partial charge >= 0.3 is 5.56 Å². The predicted octanol–water partition coefficient (Wildman–Crippen LogP) is 4.27. The summed E-state index contributed by atoms with van der Waals surface area (Å²) in [6, 6.07) is 12.0. The molecule has 136 valence electrons. The maximum Gasteiger partial charge on any atom is 0.300 e. The Balaban J connectivity index is 1.71. The molecular formula is C19H14ClFN4OS. The van der Waals surface area contributed by atoms with E-state index in [4.69, 9.17) is 11.6 Å². The van der Waals surface area contributed by atoms with Crippen LogP contribution in [0.5, 0.6) is 0 Å². The molecule has 4 rings (SSSR count). The van der Waals surface area contributed by atoms with Gasteiger partial charge in [-0.25, -0.2) is 4.39 Å². The fraction of sp³-hybridized carbons (Fsp3) is 0.105. The zero-order valence-corrected chi connectivity index (χ0v) is 15.8. The van der Waals surface area contributed by atoms with Crippen molar-refractivity contribution in [2.75, 3.05) is 0 Å². The minimum Gasteiger partial charge on any atom is -0.279 e. The quantitative estimate of drug-likeness (QED) is 0.480. The maximum absolute atomic E-state index is 13.8. The lowest BCUT2D eigenvalue weighted by Crippen LogP contribution is -2.21. The zero-order chi connectivity index (χ0) is 19.0. The maximum atomic E-state index is 13.8. The van der Waals surface area contributed by atoms with Crippen molar-refractivity contribution in [2.24, 2.45) is 0 Å². The first kappa shape index (κ1) is 17.8. The lowest BCUT2D eigenvalue weighted by atomic mass is 10.2. The summed E-state index contributed by atoms with van der Waals surface area (Å²) in [5, 5.41) is 9.23. The van der Waals surface area contributed by atoms with Gasteiger partial charge in [0.15, 0.2) is 5.16 Å². The molecule has 8 heteroatoms. The number of rotatable bonds is 4. The standard InChI is InChI=1S/C19H14ClFN4OS/c1-12-14(20)6-4-8-16(12)24-9-10-25-17(18(24)26)22-23-19(25)27-11-13-5-2-3-7-15(13)21/h2-10H,11H2,1H3. The van der Waals surface area contributed by atoms with Crippen LogP contribution in [0.15, 0.2) is 64.8 Å². The van der Waals surface area contributed by atoms with Crippen molar-refractivity contribution in [3.05, 3.63) is 87.2 Å². The third-order valence-corrected chi connectivity index (χ3v) is 5.65. The van der Waals surface area contributed by atoms with Gasteiger partial charge in [-0.2, -0.15) is 0 Å². The lowest BCUT2D eigenvalue weighted by Gasteiger charge is -2.10. The van der Waals surface area contributed by atoms with Gasteiger partial charge in [0, 0.05) is 23.2 Å². The van der Waals surface area contributed by atoms with Crippen LogP contribution in [0.25, 0.3) is 11.3 Å². The van der Waals surface area contributed by atoms with E-state index in [0.717, 1.165) is 5.56 Å². The largest absolute Gasteiger partial charge is 0.300 e. The van der Waals surface area contributed by atoms with Crippen LogP contribution in [-0.2, 0) is 5.75 Å². The third-order valence-electron chi connectivity index (χ3n) is 4.25. The molecule has 4 aromatic rings. The summed E-state index contributed by atoms with van der Waals surface area (Å²) in [5.41, 5.74) is 1.97. The molecule has 0 aliphatic carbocycles. The smallest absolute Gasteiger partial charge is 0.279 e. The van der Waals surface area contributed by atoms with Gasteiger partial charge in [-0.15, -0.1) is 10.2 Å². The van der Waals surface area contributed by atoms with E-state index in [0.29, 0.717) is 27.2 Å². The van der Waals surface area contributed by atoms with Crippen LogP contribution in [0.4, 0.5) is 4.39 Å². The van der Waals surface area contributed by atoms with Crippen molar-refractivity contribution in [3.8, 4) is 5.69 Å². The summed E-state index contributed by atoms with van der Waals surface area (Å²) in [7, 11) is 0. The molecule has 0 amide bonds. The van der Waals surface area contributed by atoms with Crippen LogP contribution in [0.1, 0.15) is 11.1 Å². The van der Waals surface area contributed by atoms with Crippen molar-refractivity contribution < 1.29 is 4.39 Å². The summed E-state index contributed by atoms with van der Waals surface area (Å²) in [5.74, 6) is 0.127. The van der Waals surface area contributed by atoms with Gasteiger partial charge in [-0.05, 0) is 36.2 Å². The molecule has 0 bridgehead atoms. The van der Waals surface area contributed by atoms with Crippen molar-refractivity contribution >= 4 is 29.0 Å². The molecule has 2 aromatic heterocycles. The van der Waals surface area contributed by atoms with Crippen LogP contribution in [-0.4, -0.2) is 19.2 Å². The van der Waals surface area contributed by atoms with Crippen LogP contribution >= 0.6 is 23.4 Å². The Morgan fingerprint density at radius 2 is 1.93 bits per heavy atom. The Hall–Kier alpha value is -2.64. The van der Waals surface area contributed by atoms with Crippen molar-refractivity contribution in [2.45, 2.75) is 17.8 Å². The second-order valence-corrected chi connectivity index (χ2v) is 7.26. The number of fused-ring (bicyclic) bond motifs is 1. The second-order valence-electron chi connectivity index (χ2n) is 5.91. The highest BCUT2D eigenvalue weighted by Gasteiger charge is 2.14. The van der Waals surface area contributed by atoms with Gasteiger partial charge in [-0.1, -0.05) is 47.6 Å². The van der Waals surface area contributed by atoms with E-state index >= 15 is 0 Å². The monoisotopic (exact) mass is 400 g/mol. The molecule has 0 fully saturated rings. The summed E-state index contributed by atoms with van der Waals surface area (Å²) in [6.07, 6.45) is 3.38. The summed E-state index contributed by atoms with van der Waals surface area (Å²) >= 11 is 7.49. The van der Waals surface area contributed by atoms with Crippen LogP contribution in [0.2, 0.25) is 5.02 Å². The second kappa shape index (κ2) is 7.17. The summed E-state index contributed by atoms with van der Waals surface area (Å²) in [4.78, 5) is 12.9. The average molecular weight is 401 g/mol. The molecule has 2 aromatic carbocycles. The number of thioether (sulfide) groups is 1. The summed E-state index contributed by atoms with van der Waals surface area (Å²) in [6.45, 7) is 1.85. The molecule has 0 spiro atoms. The van der Waals surface area contributed by atoms with E-state index in [-0.39, 0.29) is 17.0 Å². The minimum absolute atomic E-state index is 0.202. The first-order valence-corrected chi connectivity index (χ1v) is 9.50. The Bertz CT molecular complexity index is 1200. The number of aromatic nitrogens is 4. The normalized spacial score (nSPS) is 11.2. The van der Waals surface area contributed by atoms with Crippen LogP contribution in [0.3, 0.4) is 0 Å². The Labute approximate surface area is 163 Å². The fourth-order valence-corrected chi connectivity index (χ4v) is 3.84. The van der Waals surface area contributed by atoms with Gasteiger partial charge in [0.05, 0.1) is 5.69 Å². The molecule has 0 radical (unpaired) electrons. The number of benzene rings is 2. The molecule has 0 aliphatic rings. The Kier molecular flexibility index (Phi) is 4.72. The molecule has 0 saturated carbocycles. The molecule has 0 saturated heterocycles. The topological polar surface area (TPSA) is 52.2 Å². The van der Waals surface area contributed by atoms with Crippen molar-refractivity contribution in [1.29, 1.82) is 0 Å². The molecule has 2 heterocycles. The fourth-order valence-electron chi connectivity index (χ4n) is 2.77. The highest BCUT2D eigenvalue weighted by Crippen LogP contribution is 2.24. The molecule has 0 atom stereocenters. The predicted molar refractivity (Wildman–Crippen MR) is 104 cm³/mol. The Morgan fingerprint density at radius 3 is 2.74 bits per heavy atom. The van der Waals surface area contributed by atoms with Gasteiger partial charge in [-0.3, -0.25) is 13.8 Å².